The van der Waals surface area contributed by atoms with Crippen molar-refractivity contribution in [2.45, 2.75) is 6.04 Å². The number of carbonyl (C=O) groups is 1. The minimum atomic E-state index is -0.157. The summed E-state index contributed by atoms with van der Waals surface area (Å²) in [6.07, 6.45) is 0. The van der Waals surface area contributed by atoms with E-state index in [1.54, 1.807) is 18.2 Å². The zero-order valence-corrected chi connectivity index (χ0v) is 12.6. The van der Waals surface area contributed by atoms with Crippen molar-refractivity contribution in [3.8, 4) is 0 Å². The second-order valence-electron chi connectivity index (χ2n) is 5.32. The first kappa shape index (κ1) is 14.1. The number of amides is 1. The lowest BCUT2D eigenvalue weighted by atomic mass is 10.1. The average Bonchev–Trinajstić information content (AvgIpc) is 2.48. The molecule has 0 radical (unpaired) electrons. The van der Waals surface area contributed by atoms with E-state index >= 15 is 0 Å². The Hall–Kier alpha value is -0.810. The van der Waals surface area contributed by atoms with Gasteiger partial charge in [0.15, 0.2) is 0 Å². The highest BCUT2D eigenvalue weighted by Gasteiger charge is 2.31. The number of hydrogen-bond acceptors (Lipinski definition) is 3. The van der Waals surface area contributed by atoms with E-state index in [-0.39, 0.29) is 5.91 Å². The topological polar surface area (TPSA) is 35.6 Å². The van der Waals surface area contributed by atoms with Crippen molar-refractivity contribution in [3.63, 3.8) is 0 Å². The standard InChI is InChI=1S/C14H17Cl2N3O/c15-10-1-2-13(16)12(7-10)14(20)17-8-11-9-18-3-5-19(11)6-4-18/h1-2,7,11H,3-6,8-9H2,(H,17,20). The highest BCUT2D eigenvalue weighted by atomic mass is 35.5. The van der Waals surface area contributed by atoms with E-state index in [9.17, 15) is 4.79 Å². The third-order valence-corrected chi connectivity index (χ3v) is 4.63. The van der Waals surface area contributed by atoms with Crippen LogP contribution in [0.5, 0.6) is 0 Å². The van der Waals surface area contributed by atoms with Gasteiger partial charge in [0.2, 0.25) is 0 Å². The van der Waals surface area contributed by atoms with E-state index in [4.69, 9.17) is 23.2 Å². The number of piperazine rings is 3. The lowest BCUT2D eigenvalue weighted by molar-refractivity contribution is 0.0138. The third kappa shape index (κ3) is 2.93. The molecule has 3 fully saturated rings. The van der Waals surface area contributed by atoms with Gasteiger partial charge >= 0.3 is 0 Å². The molecule has 1 N–H and O–H groups in total. The maximum Gasteiger partial charge on any atom is 0.252 e. The Bertz CT molecular complexity index is 515. The van der Waals surface area contributed by atoms with Crippen LogP contribution in [0.4, 0.5) is 0 Å². The van der Waals surface area contributed by atoms with Crippen LogP contribution in [0.2, 0.25) is 10.0 Å². The Kier molecular flexibility index (Phi) is 4.17. The molecule has 3 saturated heterocycles. The van der Waals surface area contributed by atoms with Gasteiger partial charge in [0.05, 0.1) is 10.6 Å². The van der Waals surface area contributed by atoms with Gasteiger partial charge in [0, 0.05) is 50.3 Å². The minimum Gasteiger partial charge on any atom is -0.350 e. The summed E-state index contributed by atoms with van der Waals surface area (Å²) in [4.78, 5) is 17.1. The van der Waals surface area contributed by atoms with E-state index in [0.29, 0.717) is 28.2 Å². The first-order valence-electron chi connectivity index (χ1n) is 6.83. The van der Waals surface area contributed by atoms with E-state index in [2.05, 4.69) is 15.1 Å². The van der Waals surface area contributed by atoms with Gasteiger partial charge < -0.3 is 5.32 Å². The van der Waals surface area contributed by atoms with Gasteiger partial charge in [-0.15, -0.1) is 0 Å². The largest absolute Gasteiger partial charge is 0.350 e. The molecule has 4 rings (SSSR count). The number of rotatable bonds is 3. The Morgan fingerprint density at radius 1 is 1.25 bits per heavy atom. The van der Waals surface area contributed by atoms with Crippen molar-refractivity contribution in [1.82, 2.24) is 15.1 Å². The third-order valence-electron chi connectivity index (χ3n) is 4.06. The molecule has 1 aromatic carbocycles. The molecule has 1 unspecified atom stereocenters. The molecule has 6 heteroatoms. The second kappa shape index (κ2) is 5.90. The molecule has 0 saturated carbocycles. The summed E-state index contributed by atoms with van der Waals surface area (Å²) < 4.78 is 0. The van der Waals surface area contributed by atoms with Crippen LogP contribution in [0.25, 0.3) is 0 Å². The van der Waals surface area contributed by atoms with Gasteiger partial charge in [-0.1, -0.05) is 23.2 Å². The molecule has 3 aliphatic heterocycles. The van der Waals surface area contributed by atoms with Crippen LogP contribution in [0, 0.1) is 0 Å². The molecule has 20 heavy (non-hydrogen) atoms. The first-order chi connectivity index (χ1) is 9.63. The van der Waals surface area contributed by atoms with Gasteiger partial charge in [-0.2, -0.15) is 0 Å². The van der Waals surface area contributed by atoms with Crippen molar-refractivity contribution in [1.29, 1.82) is 0 Å². The van der Waals surface area contributed by atoms with Gasteiger partial charge in [-0.3, -0.25) is 14.6 Å². The Morgan fingerprint density at radius 3 is 2.65 bits per heavy atom. The van der Waals surface area contributed by atoms with Gasteiger partial charge in [-0.25, -0.2) is 0 Å². The molecular weight excluding hydrogens is 297 g/mol. The second-order valence-corrected chi connectivity index (χ2v) is 6.17. The van der Waals surface area contributed by atoms with Crippen molar-refractivity contribution in [2.24, 2.45) is 0 Å². The summed E-state index contributed by atoms with van der Waals surface area (Å²) in [5.74, 6) is -0.157. The van der Waals surface area contributed by atoms with Crippen LogP contribution in [-0.2, 0) is 0 Å². The smallest absolute Gasteiger partial charge is 0.252 e. The van der Waals surface area contributed by atoms with Gasteiger partial charge in [0.1, 0.15) is 0 Å². The number of nitrogens with zero attached hydrogens (tertiary/aromatic N) is 2. The van der Waals surface area contributed by atoms with E-state index in [0.717, 1.165) is 32.7 Å². The Balaban J connectivity index is 1.61. The maximum atomic E-state index is 12.2. The molecule has 1 atom stereocenters. The zero-order valence-electron chi connectivity index (χ0n) is 11.1. The van der Waals surface area contributed by atoms with Crippen molar-refractivity contribution >= 4 is 29.1 Å². The Morgan fingerprint density at radius 2 is 2.00 bits per heavy atom. The van der Waals surface area contributed by atoms with Crippen molar-refractivity contribution in [2.75, 3.05) is 39.3 Å². The van der Waals surface area contributed by atoms with Crippen LogP contribution < -0.4 is 5.32 Å². The molecule has 0 aromatic heterocycles. The molecule has 108 valence electrons. The SMILES string of the molecule is O=C(NCC1CN2CCN1CC2)c1cc(Cl)ccc1Cl. The quantitative estimate of drug-likeness (QED) is 0.923. The summed E-state index contributed by atoms with van der Waals surface area (Å²) >= 11 is 11.9. The molecule has 0 aliphatic carbocycles. The number of halogens is 2. The van der Waals surface area contributed by atoms with Crippen LogP contribution >= 0.6 is 23.2 Å². The van der Waals surface area contributed by atoms with E-state index in [1.807, 2.05) is 0 Å². The molecule has 1 amide bonds. The fourth-order valence-corrected chi connectivity index (χ4v) is 3.27. The number of carbonyl (C=O) groups excluding carboxylic acids is 1. The first-order valence-corrected chi connectivity index (χ1v) is 7.59. The lowest BCUT2D eigenvalue weighted by Gasteiger charge is -2.47. The number of nitrogens with one attached hydrogen (secondary N) is 1. The van der Waals surface area contributed by atoms with Gasteiger partial charge in [-0.05, 0) is 18.2 Å². The molecule has 0 spiro atoms. The van der Waals surface area contributed by atoms with E-state index in [1.165, 1.54) is 0 Å². The fourth-order valence-electron chi connectivity index (χ4n) is 2.90. The summed E-state index contributed by atoms with van der Waals surface area (Å²) in [7, 11) is 0. The van der Waals surface area contributed by atoms with Crippen LogP contribution in [-0.4, -0.2) is 61.0 Å². The maximum absolute atomic E-state index is 12.2. The zero-order chi connectivity index (χ0) is 14.1. The summed E-state index contributed by atoms with van der Waals surface area (Å²) in [5, 5.41) is 3.92. The highest BCUT2D eigenvalue weighted by molar-refractivity contribution is 6.35. The predicted molar refractivity (Wildman–Crippen MR) is 80.6 cm³/mol. The van der Waals surface area contributed by atoms with Crippen molar-refractivity contribution in [3.05, 3.63) is 33.8 Å². The number of hydrogen-bond donors (Lipinski definition) is 1. The number of fused-ring (bicyclic) bond motifs is 3. The van der Waals surface area contributed by atoms with Crippen LogP contribution in [0.3, 0.4) is 0 Å². The van der Waals surface area contributed by atoms with Gasteiger partial charge in [0.25, 0.3) is 5.91 Å². The normalized spacial score (nSPS) is 28.4. The average molecular weight is 314 g/mol. The predicted octanol–water partition coefficient (Wildman–Crippen LogP) is 1.72. The molecule has 3 heterocycles. The molecule has 4 nitrogen and oxygen atoms in total. The molecular formula is C14H17Cl2N3O. The monoisotopic (exact) mass is 313 g/mol. The van der Waals surface area contributed by atoms with Crippen LogP contribution in [0.1, 0.15) is 10.4 Å². The van der Waals surface area contributed by atoms with E-state index < -0.39 is 0 Å². The highest BCUT2D eigenvalue weighted by Crippen LogP contribution is 2.21. The minimum absolute atomic E-state index is 0.157. The summed E-state index contributed by atoms with van der Waals surface area (Å²) in [6.45, 7) is 6.16. The Labute approximate surface area is 128 Å². The molecule has 3 aliphatic rings. The molecule has 1 aromatic rings. The summed E-state index contributed by atoms with van der Waals surface area (Å²) in [6, 6.07) is 5.34. The van der Waals surface area contributed by atoms with Crippen molar-refractivity contribution < 1.29 is 4.79 Å². The summed E-state index contributed by atoms with van der Waals surface area (Å²) in [5.41, 5.74) is 0.440. The lowest BCUT2D eigenvalue weighted by Crippen LogP contribution is -2.63. The molecule has 2 bridgehead atoms. The fraction of sp³-hybridized carbons (Fsp3) is 0.500. The van der Waals surface area contributed by atoms with Crippen LogP contribution in [0.15, 0.2) is 18.2 Å². The number of benzene rings is 1.